The molecule has 0 nitrogen and oxygen atoms in total. The zero-order valence-electron chi connectivity index (χ0n) is 47.9. The third-order valence-corrected chi connectivity index (χ3v) is 16.6. The molecule has 0 heteroatoms. The normalized spacial score (nSPS) is 11.8. The molecule has 0 saturated heterocycles. The molecule has 7 rings (SSSR count). The summed E-state index contributed by atoms with van der Waals surface area (Å²) in [6.07, 6.45) is 28.0. The zero-order valence-corrected chi connectivity index (χ0v) is 47.9. The molecule has 72 heavy (non-hydrogen) atoms. The van der Waals surface area contributed by atoms with Gasteiger partial charge in [-0.05, 0) is 263 Å². The molecule has 0 fully saturated rings. The second-order valence-corrected chi connectivity index (χ2v) is 22.4. The first-order valence-corrected chi connectivity index (χ1v) is 29.9. The summed E-state index contributed by atoms with van der Waals surface area (Å²) in [6.45, 7) is 28.8. The van der Waals surface area contributed by atoms with Crippen molar-refractivity contribution in [3.63, 3.8) is 0 Å². The van der Waals surface area contributed by atoms with Gasteiger partial charge in [-0.2, -0.15) is 0 Å². The maximum Gasteiger partial charge on any atom is -0.000730 e. The van der Waals surface area contributed by atoms with E-state index in [1.807, 2.05) is 0 Å². The number of fused-ring (bicyclic) bond motifs is 2. The minimum atomic E-state index is 1.09. The van der Waals surface area contributed by atoms with Gasteiger partial charge in [0.05, 0.1) is 0 Å². The molecule has 0 unspecified atom stereocenters. The number of hydrogen-bond donors (Lipinski definition) is 0. The van der Waals surface area contributed by atoms with Crippen molar-refractivity contribution in [3.8, 4) is 44.5 Å². The van der Waals surface area contributed by atoms with E-state index in [1.54, 1.807) is 22.3 Å². The van der Waals surface area contributed by atoms with Crippen LogP contribution in [-0.4, -0.2) is 0 Å². The molecule has 0 N–H and O–H groups in total. The summed E-state index contributed by atoms with van der Waals surface area (Å²) < 4.78 is 0. The molecule has 1 aliphatic rings. The van der Waals surface area contributed by atoms with Gasteiger partial charge in [0.25, 0.3) is 0 Å². The monoisotopic (exact) mass is 961 g/mol. The molecule has 0 atom stereocenters. The molecular weight excluding hydrogens is 865 g/mol. The second-order valence-electron chi connectivity index (χ2n) is 22.4. The number of benzene rings is 6. The number of rotatable bonds is 28. The van der Waals surface area contributed by atoms with Crippen molar-refractivity contribution in [2.45, 2.75) is 237 Å². The molecule has 0 saturated carbocycles. The molecule has 0 amide bonds. The van der Waals surface area contributed by atoms with Crippen LogP contribution in [0.3, 0.4) is 0 Å². The highest BCUT2D eigenvalue weighted by molar-refractivity contribution is 6.05. The van der Waals surface area contributed by atoms with E-state index in [4.69, 9.17) is 0 Å². The highest BCUT2D eigenvalue weighted by atomic mass is 14.3. The second kappa shape index (κ2) is 26.5. The van der Waals surface area contributed by atoms with E-state index in [1.165, 1.54) is 213 Å². The van der Waals surface area contributed by atoms with Crippen molar-refractivity contribution in [3.05, 3.63) is 160 Å². The summed E-state index contributed by atoms with van der Waals surface area (Å²) >= 11 is 0. The molecule has 384 valence electrons. The molecule has 1 aliphatic carbocycles. The fourth-order valence-electron chi connectivity index (χ4n) is 12.5. The van der Waals surface area contributed by atoms with Gasteiger partial charge in [-0.1, -0.05) is 180 Å². The van der Waals surface area contributed by atoms with Gasteiger partial charge in [0.15, 0.2) is 0 Å². The lowest BCUT2D eigenvalue weighted by molar-refractivity contribution is 0.781. The van der Waals surface area contributed by atoms with E-state index in [-0.39, 0.29) is 0 Å². The van der Waals surface area contributed by atoms with Crippen LogP contribution >= 0.6 is 0 Å². The van der Waals surface area contributed by atoms with Crippen LogP contribution in [0.1, 0.15) is 225 Å². The Morgan fingerprint density at radius 1 is 0.264 bits per heavy atom. The van der Waals surface area contributed by atoms with Crippen molar-refractivity contribution < 1.29 is 0 Å². The van der Waals surface area contributed by atoms with Crippen LogP contribution in [0.25, 0.3) is 44.5 Å². The Morgan fingerprint density at radius 2 is 0.486 bits per heavy atom. The molecule has 0 heterocycles. The van der Waals surface area contributed by atoms with Crippen LogP contribution in [0.2, 0.25) is 0 Å². The fraction of sp³-hybridized carbons (Fsp3) is 0.500. The standard InChI is InChI=1S/C72H96/c1-13-21-31-53-41-49(9)57(35-25-17-5)63(45-53)69-67-61-39-29-30-40-62(61)68(67)70(64-46-54(32-22-14-2)42-50(10)58(64)36-26-18-6)72(66-48-56(34-24-16-4)44-52(12)60(66)38-28-20-8)71(69)65-47-55(33-23-15-3)43-51(11)59(65)37-27-19-7/h29-30,39-48H,13-28,31-38H2,1-12H3. The van der Waals surface area contributed by atoms with Crippen LogP contribution in [-0.2, 0) is 51.4 Å². The Labute approximate surface area is 439 Å². The fourth-order valence-corrected chi connectivity index (χ4v) is 12.5. The molecule has 6 aromatic rings. The largest absolute Gasteiger partial charge is 0.0654 e. The lowest BCUT2D eigenvalue weighted by atomic mass is 9.72. The first-order valence-electron chi connectivity index (χ1n) is 29.9. The molecule has 0 aromatic heterocycles. The first-order chi connectivity index (χ1) is 35.1. The molecule has 0 spiro atoms. The van der Waals surface area contributed by atoms with Crippen LogP contribution in [0.4, 0.5) is 0 Å². The number of unbranched alkanes of at least 4 members (excludes halogenated alkanes) is 8. The van der Waals surface area contributed by atoms with Gasteiger partial charge >= 0.3 is 0 Å². The average Bonchev–Trinajstić information content (AvgIpc) is 3.37. The summed E-state index contributed by atoms with van der Waals surface area (Å²) in [6, 6.07) is 30.9. The first kappa shape index (κ1) is 55.1. The summed E-state index contributed by atoms with van der Waals surface area (Å²) in [5.74, 6) is 0. The van der Waals surface area contributed by atoms with Crippen LogP contribution in [0.15, 0.2) is 72.8 Å². The van der Waals surface area contributed by atoms with Gasteiger partial charge in [-0.25, -0.2) is 0 Å². The SMILES string of the molecule is CCCCc1cc(C)c(CCCC)c(-c2c(-c3cc(CCCC)cc(C)c3CCCC)c(-c3cc(CCCC)cc(C)c3CCCC)c3c(c2-c2cc(CCCC)cc(C)c2CCCC)=c2ccccc2=3)c1. The van der Waals surface area contributed by atoms with Gasteiger partial charge < -0.3 is 0 Å². The van der Waals surface area contributed by atoms with Gasteiger partial charge in [0.1, 0.15) is 0 Å². The minimum absolute atomic E-state index is 1.09. The van der Waals surface area contributed by atoms with E-state index in [9.17, 15) is 0 Å². The van der Waals surface area contributed by atoms with Crippen molar-refractivity contribution in [1.29, 1.82) is 0 Å². The van der Waals surface area contributed by atoms with E-state index < -0.39 is 0 Å². The van der Waals surface area contributed by atoms with E-state index >= 15 is 0 Å². The minimum Gasteiger partial charge on any atom is -0.0654 e. The third-order valence-electron chi connectivity index (χ3n) is 16.6. The quantitative estimate of drug-likeness (QED) is 0.0459. The van der Waals surface area contributed by atoms with Crippen molar-refractivity contribution in [2.24, 2.45) is 0 Å². The highest BCUT2D eigenvalue weighted by Crippen LogP contribution is 2.53. The topological polar surface area (TPSA) is 0 Å². The molecule has 6 aromatic carbocycles. The zero-order chi connectivity index (χ0) is 51.3. The Kier molecular flexibility index (Phi) is 20.3. The lowest BCUT2D eigenvalue weighted by Gasteiger charge is -2.31. The Balaban J connectivity index is 1.91. The lowest BCUT2D eigenvalue weighted by Crippen LogP contribution is -2.11. The Hall–Kier alpha value is -4.68. The smallest absolute Gasteiger partial charge is 0.000730 e. The van der Waals surface area contributed by atoms with Gasteiger partial charge in [0.2, 0.25) is 0 Å². The maximum atomic E-state index is 2.75. The summed E-state index contributed by atoms with van der Waals surface area (Å²) in [4.78, 5) is 0. The average molecular weight is 962 g/mol. The Morgan fingerprint density at radius 3 is 0.722 bits per heavy atom. The number of hydrogen-bond acceptors (Lipinski definition) is 0. The van der Waals surface area contributed by atoms with Crippen LogP contribution < -0.4 is 0 Å². The summed E-state index contributed by atoms with van der Waals surface area (Å²) in [5.41, 5.74) is 30.3. The molecular formula is C72H96. The van der Waals surface area contributed by atoms with E-state index in [0.29, 0.717) is 0 Å². The van der Waals surface area contributed by atoms with E-state index in [0.717, 1.165) is 51.4 Å². The highest BCUT2D eigenvalue weighted by Gasteiger charge is 2.32. The van der Waals surface area contributed by atoms with Gasteiger partial charge in [-0.15, -0.1) is 0 Å². The number of aryl methyl sites for hydroxylation is 8. The van der Waals surface area contributed by atoms with E-state index in [2.05, 4.69) is 156 Å². The maximum absolute atomic E-state index is 2.75. The third kappa shape index (κ3) is 12.0. The molecule has 0 aliphatic heterocycles. The predicted molar refractivity (Wildman–Crippen MR) is 318 cm³/mol. The van der Waals surface area contributed by atoms with Crippen molar-refractivity contribution in [1.82, 2.24) is 0 Å². The van der Waals surface area contributed by atoms with Crippen LogP contribution in [0, 0.1) is 48.6 Å². The summed E-state index contributed by atoms with van der Waals surface area (Å²) in [5, 5.41) is 5.90. The van der Waals surface area contributed by atoms with Crippen molar-refractivity contribution >= 4 is 0 Å². The molecule has 0 bridgehead atoms. The Bertz CT molecular complexity index is 2790. The van der Waals surface area contributed by atoms with Crippen molar-refractivity contribution in [2.75, 3.05) is 0 Å². The predicted octanol–water partition coefficient (Wildman–Crippen LogP) is 21.2. The molecule has 0 radical (unpaired) electrons. The van der Waals surface area contributed by atoms with Gasteiger partial charge in [-0.3, -0.25) is 0 Å². The summed E-state index contributed by atoms with van der Waals surface area (Å²) in [7, 11) is 0. The van der Waals surface area contributed by atoms with Crippen LogP contribution in [0.5, 0.6) is 0 Å². The van der Waals surface area contributed by atoms with Gasteiger partial charge in [0, 0.05) is 0 Å².